The van der Waals surface area contributed by atoms with Gasteiger partial charge in [-0.25, -0.2) is 17.6 Å². The van der Waals surface area contributed by atoms with Crippen molar-refractivity contribution in [2.45, 2.75) is 30.1 Å². The average molecular weight is 492 g/mol. The lowest BCUT2D eigenvalue weighted by molar-refractivity contribution is -0.116. The van der Waals surface area contributed by atoms with Crippen LogP contribution in [0.15, 0.2) is 35.2 Å². The first-order chi connectivity index (χ1) is 16.1. The number of rotatable bonds is 9. The zero-order chi connectivity index (χ0) is 24.6. The van der Waals surface area contributed by atoms with Gasteiger partial charge >= 0.3 is 5.97 Å². The molecule has 11 heteroatoms. The molecule has 1 heterocycles. The molecule has 0 aromatic heterocycles. The number of carbonyl (C=O) groups excluding carboxylic acids is 1. The second-order valence-corrected chi connectivity index (χ2v) is 10.5. The Kier molecular flexibility index (Phi) is 6.50. The zero-order valence-corrected chi connectivity index (χ0v) is 19.6. The number of nitrogens with one attached hydrogen (secondary N) is 2. The number of hydrogen-bond donors (Lipinski definition) is 3. The second kappa shape index (κ2) is 9.22. The van der Waals surface area contributed by atoms with Gasteiger partial charge in [-0.3, -0.25) is 9.52 Å². The number of fused-ring (bicyclic) bond motifs is 3. The predicted octanol–water partition coefficient (Wildman–Crippen LogP) is 3.10. The van der Waals surface area contributed by atoms with Crippen molar-refractivity contribution in [1.82, 2.24) is 4.90 Å². The monoisotopic (exact) mass is 491 g/mol. The van der Waals surface area contributed by atoms with Crippen molar-refractivity contribution < 1.29 is 32.2 Å². The molecule has 182 valence electrons. The second-order valence-electron chi connectivity index (χ2n) is 8.83. The summed E-state index contributed by atoms with van der Waals surface area (Å²) in [5, 5.41) is 12.3. The van der Waals surface area contributed by atoms with Crippen LogP contribution in [-0.4, -0.2) is 57.5 Å². The molecule has 0 radical (unpaired) electrons. The molecule has 1 aliphatic carbocycles. The van der Waals surface area contributed by atoms with Crippen LogP contribution in [0.3, 0.4) is 0 Å². The van der Waals surface area contributed by atoms with Gasteiger partial charge in [0, 0.05) is 12.3 Å². The molecule has 2 aliphatic rings. The fourth-order valence-electron chi connectivity index (χ4n) is 4.15. The highest BCUT2D eigenvalue weighted by molar-refractivity contribution is 7.92. The predicted molar refractivity (Wildman–Crippen MR) is 123 cm³/mol. The van der Waals surface area contributed by atoms with Crippen molar-refractivity contribution in [2.24, 2.45) is 5.92 Å². The highest BCUT2D eigenvalue weighted by Crippen LogP contribution is 2.55. The van der Waals surface area contributed by atoms with Crippen LogP contribution in [0.1, 0.15) is 41.1 Å². The van der Waals surface area contributed by atoms with Gasteiger partial charge in [-0.2, -0.15) is 0 Å². The number of amides is 1. The van der Waals surface area contributed by atoms with E-state index >= 15 is 0 Å². The molecule has 1 fully saturated rings. The summed E-state index contributed by atoms with van der Waals surface area (Å²) >= 11 is 0. The Balaban J connectivity index is 1.62. The van der Waals surface area contributed by atoms with Crippen LogP contribution < -0.4 is 14.8 Å². The van der Waals surface area contributed by atoms with Gasteiger partial charge in [-0.15, -0.1) is 0 Å². The topological polar surface area (TPSA) is 125 Å². The summed E-state index contributed by atoms with van der Waals surface area (Å²) in [6.07, 6.45) is 1.56. The van der Waals surface area contributed by atoms with Crippen LogP contribution in [0.25, 0.3) is 0 Å². The number of hydrogen-bond acceptors (Lipinski definition) is 6. The van der Waals surface area contributed by atoms with Gasteiger partial charge in [0.05, 0.1) is 18.0 Å². The molecule has 2 aromatic carbocycles. The Morgan fingerprint density at radius 2 is 1.97 bits per heavy atom. The largest absolute Gasteiger partial charge is 0.492 e. The molecule has 34 heavy (non-hydrogen) atoms. The quantitative estimate of drug-likeness (QED) is 0.492. The summed E-state index contributed by atoms with van der Waals surface area (Å²) in [7, 11) is -0.660. The molecular weight excluding hydrogens is 465 g/mol. The van der Waals surface area contributed by atoms with Crippen molar-refractivity contribution in [3.63, 3.8) is 0 Å². The van der Waals surface area contributed by atoms with Crippen LogP contribution in [0, 0.1) is 11.7 Å². The van der Waals surface area contributed by atoms with Crippen molar-refractivity contribution in [3.8, 4) is 5.75 Å². The zero-order valence-electron chi connectivity index (χ0n) is 18.8. The molecule has 1 aliphatic heterocycles. The maximum atomic E-state index is 13.9. The fraction of sp³-hybridized carbons (Fsp3) is 0.391. The Morgan fingerprint density at radius 3 is 2.68 bits per heavy atom. The molecule has 4 rings (SSSR count). The number of benzene rings is 2. The maximum absolute atomic E-state index is 13.9. The van der Waals surface area contributed by atoms with E-state index in [0.717, 1.165) is 30.2 Å². The summed E-state index contributed by atoms with van der Waals surface area (Å²) < 4.78 is 48.3. The molecule has 2 atom stereocenters. The van der Waals surface area contributed by atoms with E-state index < -0.39 is 27.7 Å². The van der Waals surface area contributed by atoms with E-state index in [4.69, 9.17) is 4.74 Å². The summed E-state index contributed by atoms with van der Waals surface area (Å²) in [5.74, 6) is -1.77. The smallest absolute Gasteiger partial charge is 0.341 e. The standard InChI is InChI=1S/C23H26FN3O6S/c1-27(2)9-3-4-20(28)25-18-11-14(24)5-8-19(18)34(31,32)26-17-7-6-15-16-10-13(16)12-33-22(15)21(17)23(29)30/h5-8,11,13,16,26H,3-4,9-10,12H2,1-2H3,(H,25,28)(H,29,30)/t13?,16-/m0/s1. The van der Waals surface area contributed by atoms with Gasteiger partial charge in [0.1, 0.15) is 22.0 Å². The van der Waals surface area contributed by atoms with Crippen molar-refractivity contribution in [2.75, 3.05) is 37.3 Å². The van der Waals surface area contributed by atoms with Gasteiger partial charge in [0.2, 0.25) is 5.91 Å². The summed E-state index contributed by atoms with van der Waals surface area (Å²) in [4.78, 5) is 25.9. The molecule has 0 bridgehead atoms. The summed E-state index contributed by atoms with van der Waals surface area (Å²) in [5.41, 5.74) is 0.0825. The van der Waals surface area contributed by atoms with E-state index in [-0.39, 0.29) is 39.9 Å². The molecular formula is C23H26FN3O6S. The van der Waals surface area contributed by atoms with Gasteiger partial charge in [0.25, 0.3) is 10.0 Å². The first-order valence-electron chi connectivity index (χ1n) is 10.9. The third-order valence-corrected chi connectivity index (χ3v) is 7.35. The number of halogens is 1. The van der Waals surface area contributed by atoms with E-state index in [1.54, 1.807) is 6.07 Å². The van der Waals surface area contributed by atoms with Gasteiger partial charge in [0.15, 0.2) is 0 Å². The molecule has 0 saturated heterocycles. The van der Waals surface area contributed by atoms with Crippen LogP contribution in [-0.2, 0) is 14.8 Å². The summed E-state index contributed by atoms with van der Waals surface area (Å²) in [6.45, 7) is 1.04. The van der Waals surface area contributed by atoms with Crippen molar-refractivity contribution in [3.05, 3.63) is 47.3 Å². The third kappa shape index (κ3) is 5.00. The Morgan fingerprint density at radius 1 is 1.21 bits per heavy atom. The highest BCUT2D eigenvalue weighted by atomic mass is 32.2. The SMILES string of the molecule is CN(C)CCCC(=O)Nc1cc(F)ccc1S(=O)(=O)Nc1ccc2c(c1C(=O)O)OCC1C[C@H]21. The average Bonchev–Trinajstić information content (AvgIpc) is 3.52. The number of carbonyl (C=O) groups is 2. The molecule has 1 amide bonds. The van der Waals surface area contributed by atoms with Crippen LogP contribution in [0.4, 0.5) is 15.8 Å². The molecule has 9 nitrogen and oxygen atoms in total. The summed E-state index contributed by atoms with van der Waals surface area (Å²) in [6, 6.07) is 5.96. The van der Waals surface area contributed by atoms with Crippen LogP contribution in [0.5, 0.6) is 5.75 Å². The first-order valence-corrected chi connectivity index (χ1v) is 12.3. The normalized spacial score (nSPS) is 18.5. The van der Waals surface area contributed by atoms with E-state index in [1.807, 2.05) is 19.0 Å². The van der Waals surface area contributed by atoms with Gasteiger partial charge in [-0.1, -0.05) is 6.07 Å². The highest BCUT2D eigenvalue weighted by Gasteiger charge is 2.45. The van der Waals surface area contributed by atoms with Gasteiger partial charge in [-0.05, 0) is 69.2 Å². The molecule has 3 N–H and O–H groups in total. The minimum Gasteiger partial charge on any atom is -0.492 e. The Labute approximate surface area is 197 Å². The van der Waals surface area contributed by atoms with Crippen molar-refractivity contribution in [1.29, 1.82) is 0 Å². The number of ether oxygens (including phenoxy) is 1. The molecule has 1 unspecified atom stereocenters. The minimum atomic E-state index is -4.38. The van der Waals surface area contributed by atoms with Crippen LogP contribution >= 0.6 is 0 Å². The van der Waals surface area contributed by atoms with Gasteiger partial charge < -0.3 is 20.1 Å². The number of sulfonamides is 1. The first kappa shape index (κ1) is 24.0. The number of nitrogens with zero attached hydrogens (tertiary/aromatic N) is 1. The number of aromatic carboxylic acids is 1. The number of carboxylic acids is 1. The Bertz CT molecular complexity index is 1250. The third-order valence-electron chi connectivity index (χ3n) is 5.92. The lowest BCUT2D eigenvalue weighted by atomic mass is 10.0. The minimum absolute atomic E-state index is 0.120. The van der Waals surface area contributed by atoms with Crippen LogP contribution in [0.2, 0.25) is 0 Å². The van der Waals surface area contributed by atoms with E-state index in [0.29, 0.717) is 25.5 Å². The number of carboxylic acid groups (broad SMARTS) is 1. The number of anilines is 2. The molecule has 0 spiro atoms. The lowest BCUT2D eigenvalue weighted by Crippen LogP contribution is -2.21. The molecule has 2 aromatic rings. The molecule has 1 saturated carbocycles. The Hall–Kier alpha value is -3.18. The van der Waals surface area contributed by atoms with E-state index in [2.05, 4.69) is 10.0 Å². The van der Waals surface area contributed by atoms with E-state index in [9.17, 15) is 27.5 Å². The van der Waals surface area contributed by atoms with E-state index in [1.165, 1.54) is 6.07 Å². The lowest BCUT2D eigenvalue weighted by Gasteiger charge is -2.21. The van der Waals surface area contributed by atoms with Crippen molar-refractivity contribution >= 4 is 33.3 Å². The fourth-order valence-corrected chi connectivity index (χ4v) is 5.37. The maximum Gasteiger partial charge on any atom is 0.341 e.